The van der Waals surface area contributed by atoms with Gasteiger partial charge in [-0.05, 0) is 6.07 Å². The van der Waals surface area contributed by atoms with Gasteiger partial charge in [0.05, 0.1) is 15.1 Å². The van der Waals surface area contributed by atoms with E-state index >= 15 is 0 Å². The summed E-state index contributed by atoms with van der Waals surface area (Å²) in [4.78, 5) is 0. The second kappa shape index (κ2) is 7.81. The Hall–Kier alpha value is 1.33. The van der Waals surface area contributed by atoms with Crippen molar-refractivity contribution in [2.24, 2.45) is 0 Å². The Bertz CT molecular complexity index is 438. The molecule has 0 spiro atoms. The summed E-state index contributed by atoms with van der Waals surface area (Å²) in [5, 5.41) is 0.940. The van der Waals surface area contributed by atoms with Gasteiger partial charge in [0.1, 0.15) is 5.75 Å². The van der Waals surface area contributed by atoms with Crippen LogP contribution in [0.4, 0.5) is 0 Å². The van der Waals surface area contributed by atoms with Crippen molar-refractivity contribution in [2.75, 3.05) is 14.2 Å². The summed E-state index contributed by atoms with van der Waals surface area (Å²) in [5.41, 5.74) is 0. The normalized spacial score (nSPS) is 10.9. The van der Waals surface area contributed by atoms with E-state index in [4.69, 9.17) is 60.2 Å². The van der Waals surface area contributed by atoms with Crippen molar-refractivity contribution in [3.8, 4) is 5.75 Å². The van der Waals surface area contributed by atoms with Crippen LogP contribution in [0.2, 0.25) is 15.1 Å². The molecule has 0 aliphatic carbocycles. The first-order valence-corrected chi connectivity index (χ1v) is 7.66. The summed E-state index contributed by atoms with van der Waals surface area (Å²) in [5.74, 6) is 0.281. The van der Waals surface area contributed by atoms with E-state index in [2.05, 4.69) is 0 Å². The molecule has 0 aliphatic heterocycles. The van der Waals surface area contributed by atoms with Gasteiger partial charge in [0.15, 0.2) is 0 Å². The van der Waals surface area contributed by atoms with Crippen LogP contribution in [0.5, 0.6) is 5.75 Å². The largest absolute Gasteiger partial charge is 0.422 e. The minimum atomic E-state index is -2.82. The molecule has 0 bridgehead atoms. The van der Waals surface area contributed by atoms with Crippen LogP contribution in [0.15, 0.2) is 12.1 Å². The van der Waals surface area contributed by atoms with Crippen molar-refractivity contribution < 1.29 is 13.6 Å². The van der Waals surface area contributed by atoms with Crippen molar-refractivity contribution in [1.82, 2.24) is 0 Å². The maximum absolute atomic E-state index is 5.91. The predicted octanol–water partition coefficient (Wildman–Crippen LogP) is 4.16. The van der Waals surface area contributed by atoms with Gasteiger partial charge >= 0.3 is 6.72 Å². The molecule has 0 unspecified atom stereocenters. The second-order valence-electron chi connectivity index (χ2n) is 2.60. The molecule has 17 heavy (non-hydrogen) atoms. The van der Waals surface area contributed by atoms with Gasteiger partial charge < -0.3 is 13.6 Å². The fourth-order valence-corrected chi connectivity index (χ4v) is 2.40. The number of hydrogen-bond acceptors (Lipinski definition) is 4. The SMILES string of the molecule is COP(=S)(OC)Oc1cc(Cl)c(Cl)cc1Cl.[In]. The van der Waals surface area contributed by atoms with Gasteiger partial charge in [-0.25, -0.2) is 0 Å². The molecule has 0 aromatic heterocycles. The summed E-state index contributed by atoms with van der Waals surface area (Å²) in [6.07, 6.45) is 0. The minimum absolute atomic E-state index is 0. The maximum Gasteiger partial charge on any atom is 0.380 e. The Morgan fingerprint density at radius 3 is 1.94 bits per heavy atom. The van der Waals surface area contributed by atoms with E-state index < -0.39 is 6.72 Å². The summed E-state index contributed by atoms with van der Waals surface area (Å²) < 4.78 is 15.3. The van der Waals surface area contributed by atoms with Crippen LogP contribution in [0.25, 0.3) is 0 Å². The smallest absolute Gasteiger partial charge is 0.380 e. The van der Waals surface area contributed by atoms with E-state index in [1.807, 2.05) is 0 Å². The van der Waals surface area contributed by atoms with Gasteiger partial charge in [-0.2, -0.15) is 0 Å². The quantitative estimate of drug-likeness (QED) is 0.524. The first-order valence-electron chi connectivity index (χ1n) is 3.97. The fraction of sp³-hybridized carbons (Fsp3) is 0.250. The molecule has 1 aromatic carbocycles. The standard InChI is InChI=1S/C8H8Cl3O3PS.In/c1-12-15(16,13-2)14-8-4-6(10)5(9)3-7(8)11;/h3-4H,1-2H3;. The molecule has 0 heterocycles. The Morgan fingerprint density at radius 2 is 1.47 bits per heavy atom. The van der Waals surface area contributed by atoms with E-state index in [0.29, 0.717) is 10.0 Å². The van der Waals surface area contributed by atoms with Crippen LogP contribution >= 0.6 is 41.5 Å². The maximum atomic E-state index is 5.91. The minimum Gasteiger partial charge on any atom is -0.422 e. The van der Waals surface area contributed by atoms with Crippen LogP contribution in [-0.4, -0.2) is 40.1 Å². The first kappa shape index (κ1) is 18.3. The van der Waals surface area contributed by atoms with E-state index in [1.54, 1.807) is 0 Å². The third kappa shape index (κ3) is 5.07. The van der Waals surface area contributed by atoms with Gasteiger partial charge in [-0.1, -0.05) is 34.8 Å². The third-order valence-corrected chi connectivity index (χ3v) is 5.08. The molecule has 3 nitrogen and oxygen atoms in total. The average Bonchev–Trinajstić information content (AvgIpc) is 2.25. The number of halogens is 3. The fourth-order valence-electron chi connectivity index (χ4n) is 0.844. The Balaban J connectivity index is 0.00000256. The number of benzene rings is 1. The Morgan fingerprint density at radius 1 is 1.00 bits per heavy atom. The van der Waals surface area contributed by atoms with Crippen LogP contribution < -0.4 is 4.52 Å². The molecule has 1 aromatic rings. The molecule has 0 fully saturated rings. The van der Waals surface area contributed by atoms with Crippen molar-refractivity contribution in [3.63, 3.8) is 0 Å². The molecule has 0 amide bonds. The molecule has 0 atom stereocenters. The van der Waals surface area contributed by atoms with Gasteiger partial charge in [-0.3, -0.25) is 0 Å². The molecule has 0 aliphatic rings. The zero-order valence-electron chi connectivity index (χ0n) is 8.95. The first-order chi connectivity index (χ1) is 7.41. The molecule has 9 heteroatoms. The van der Waals surface area contributed by atoms with E-state index in [1.165, 1.54) is 26.4 Å². The van der Waals surface area contributed by atoms with Gasteiger partial charge in [-0.15, -0.1) is 0 Å². The summed E-state index contributed by atoms with van der Waals surface area (Å²) >= 11 is 22.5. The van der Waals surface area contributed by atoms with Gasteiger partial charge in [0, 0.05) is 57.9 Å². The number of rotatable bonds is 4. The van der Waals surface area contributed by atoms with Crippen molar-refractivity contribution in [2.45, 2.75) is 0 Å². The van der Waals surface area contributed by atoms with Crippen LogP contribution in [0.3, 0.4) is 0 Å². The van der Waals surface area contributed by atoms with Crippen LogP contribution in [0, 0.1) is 0 Å². The van der Waals surface area contributed by atoms with E-state index in [9.17, 15) is 0 Å². The third-order valence-electron chi connectivity index (χ3n) is 1.63. The zero-order chi connectivity index (χ0) is 12.3. The van der Waals surface area contributed by atoms with Gasteiger partial charge in [0.25, 0.3) is 0 Å². The molecule has 3 radical (unpaired) electrons. The number of hydrogen-bond donors (Lipinski definition) is 0. The molecular formula is C8H8Cl3InO3PS. The van der Waals surface area contributed by atoms with Gasteiger partial charge in [0.2, 0.25) is 0 Å². The Kier molecular flexibility index (Phi) is 8.42. The monoisotopic (exact) mass is 435 g/mol. The van der Waals surface area contributed by atoms with Crippen molar-refractivity contribution in [3.05, 3.63) is 27.2 Å². The average molecular weight is 436 g/mol. The molecule has 1 rings (SSSR count). The van der Waals surface area contributed by atoms with E-state index in [-0.39, 0.29) is 36.6 Å². The van der Waals surface area contributed by atoms with Crippen LogP contribution in [-0.2, 0) is 20.9 Å². The summed E-state index contributed by atoms with van der Waals surface area (Å²) in [7, 11) is 2.80. The molecular weight excluding hydrogens is 428 g/mol. The zero-order valence-corrected chi connectivity index (χ0v) is 16.2. The molecule has 93 valence electrons. The van der Waals surface area contributed by atoms with Crippen LogP contribution in [0.1, 0.15) is 0 Å². The molecule has 0 saturated heterocycles. The summed E-state index contributed by atoms with van der Waals surface area (Å²) in [6, 6.07) is 2.93. The van der Waals surface area contributed by atoms with Crippen molar-refractivity contribution in [1.29, 1.82) is 0 Å². The van der Waals surface area contributed by atoms with E-state index in [0.717, 1.165) is 0 Å². The molecule has 0 saturated carbocycles. The summed E-state index contributed by atoms with van der Waals surface area (Å²) in [6.45, 7) is -2.82. The van der Waals surface area contributed by atoms with Crippen molar-refractivity contribution >= 4 is 79.2 Å². The Labute approximate surface area is 139 Å². The topological polar surface area (TPSA) is 27.7 Å². The second-order valence-corrected chi connectivity index (χ2v) is 6.97. The molecule has 0 N–H and O–H groups in total. The predicted molar refractivity (Wildman–Crippen MR) is 76.2 cm³/mol.